The second-order valence-corrected chi connectivity index (χ2v) is 5.91. The maximum atomic E-state index is 13.4. The van der Waals surface area contributed by atoms with Crippen molar-refractivity contribution in [2.75, 3.05) is 13.1 Å². The van der Waals surface area contributed by atoms with Gasteiger partial charge in [-0.25, -0.2) is 9.37 Å². The first-order valence-electron chi connectivity index (χ1n) is 6.54. The highest BCUT2D eigenvalue weighted by molar-refractivity contribution is 5.92. The van der Waals surface area contributed by atoms with E-state index in [2.05, 4.69) is 36.0 Å². The summed E-state index contributed by atoms with van der Waals surface area (Å²) >= 11 is 0. The van der Waals surface area contributed by atoms with E-state index in [1.807, 2.05) is 0 Å². The van der Waals surface area contributed by atoms with E-state index >= 15 is 0 Å². The number of likely N-dealkylation sites (tertiary alicyclic amines) is 1. The predicted octanol–water partition coefficient (Wildman–Crippen LogP) is 1.82. The maximum absolute atomic E-state index is 13.4. The smallest absolute Gasteiger partial charge is 0.273 e. The number of hydrogen-bond donors (Lipinski definition) is 1. The zero-order valence-electron chi connectivity index (χ0n) is 11.6. The molecule has 1 fully saturated rings. The molecule has 0 radical (unpaired) electrons. The molecule has 2 heterocycles. The molecule has 2 rings (SSSR count). The third-order valence-corrected chi connectivity index (χ3v) is 3.45. The molecule has 1 aromatic heterocycles. The minimum absolute atomic E-state index is 0.0631. The Hall–Kier alpha value is -1.49. The lowest BCUT2D eigenvalue weighted by Crippen LogP contribution is -2.43. The van der Waals surface area contributed by atoms with Crippen LogP contribution in [0.15, 0.2) is 18.3 Å². The largest absolute Gasteiger partial charge is 0.347 e. The predicted molar refractivity (Wildman–Crippen MR) is 71.4 cm³/mol. The first kappa shape index (κ1) is 13.9. The van der Waals surface area contributed by atoms with Gasteiger partial charge in [0, 0.05) is 30.9 Å². The summed E-state index contributed by atoms with van der Waals surface area (Å²) in [6.45, 7) is 8.18. The Labute approximate surface area is 113 Å². The van der Waals surface area contributed by atoms with E-state index in [9.17, 15) is 9.18 Å². The van der Waals surface area contributed by atoms with Crippen LogP contribution < -0.4 is 5.32 Å². The van der Waals surface area contributed by atoms with Crippen molar-refractivity contribution in [1.82, 2.24) is 15.2 Å². The highest BCUT2D eigenvalue weighted by atomic mass is 19.1. The van der Waals surface area contributed by atoms with E-state index in [0.29, 0.717) is 0 Å². The van der Waals surface area contributed by atoms with Crippen molar-refractivity contribution in [2.45, 2.75) is 38.8 Å². The molecule has 19 heavy (non-hydrogen) atoms. The average molecular weight is 265 g/mol. The number of carbonyl (C=O) groups is 1. The topological polar surface area (TPSA) is 45.2 Å². The first-order valence-corrected chi connectivity index (χ1v) is 6.54. The van der Waals surface area contributed by atoms with Gasteiger partial charge < -0.3 is 5.32 Å². The summed E-state index contributed by atoms with van der Waals surface area (Å²) in [6, 6.07) is 2.79. The summed E-state index contributed by atoms with van der Waals surface area (Å²) in [7, 11) is 0. The number of carbonyl (C=O) groups excluding carboxylic acids is 1. The van der Waals surface area contributed by atoms with Crippen molar-refractivity contribution in [3.63, 3.8) is 0 Å². The molecular formula is C14H20FN3O. The molecule has 0 spiro atoms. The lowest BCUT2D eigenvalue weighted by molar-refractivity contribution is 0.0922. The number of amides is 1. The molecule has 1 aliphatic heterocycles. The Bertz CT molecular complexity index is 470. The van der Waals surface area contributed by atoms with Crippen LogP contribution in [-0.2, 0) is 0 Å². The van der Waals surface area contributed by atoms with E-state index in [1.54, 1.807) is 0 Å². The van der Waals surface area contributed by atoms with Crippen molar-refractivity contribution >= 4 is 5.91 Å². The van der Waals surface area contributed by atoms with Crippen LogP contribution in [0, 0.1) is 5.82 Å². The summed E-state index contributed by atoms with van der Waals surface area (Å²) in [5.41, 5.74) is -0.0351. The molecule has 1 unspecified atom stereocenters. The molecule has 1 aromatic rings. The Morgan fingerprint density at radius 2 is 2.26 bits per heavy atom. The molecule has 1 atom stereocenters. The molecule has 1 saturated heterocycles. The van der Waals surface area contributed by atoms with E-state index < -0.39 is 11.7 Å². The molecule has 0 aromatic carbocycles. The fourth-order valence-electron chi connectivity index (χ4n) is 2.29. The van der Waals surface area contributed by atoms with Crippen LogP contribution in [0.1, 0.15) is 37.7 Å². The highest BCUT2D eigenvalue weighted by Crippen LogP contribution is 2.20. The van der Waals surface area contributed by atoms with Crippen LogP contribution in [0.4, 0.5) is 4.39 Å². The molecule has 0 bridgehead atoms. The minimum Gasteiger partial charge on any atom is -0.347 e. The lowest BCUT2D eigenvalue weighted by atomic mass is 10.1. The molecule has 0 aliphatic carbocycles. The third-order valence-electron chi connectivity index (χ3n) is 3.45. The first-order chi connectivity index (χ1) is 8.88. The molecule has 0 saturated carbocycles. The van der Waals surface area contributed by atoms with Crippen molar-refractivity contribution in [3.05, 3.63) is 29.8 Å². The minimum atomic E-state index is -0.578. The Kier molecular flexibility index (Phi) is 3.85. The molecule has 5 heteroatoms. The van der Waals surface area contributed by atoms with Crippen molar-refractivity contribution in [3.8, 4) is 0 Å². The van der Waals surface area contributed by atoms with Crippen LogP contribution in [0.3, 0.4) is 0 Å². The Morgan fingerprint density at radius 3 is 2.84 bits per heavy atom. The SMILES string of the molecule is CC(C)(C)N1CCC(NC(=O)c2ncccc2F)C1. The van der Waals surface area contributed by atoms with E-state index in [-0.39, 0.29) is 17.3 Å². The van der Waals surface area contributed by atoms with Crippen molar-refractivity contribution in [2.24, 2.45) is 0 Å². The van der Waals surface area contributed by atoms with Crippen LogP contribution in [-0.4, -0.2) is 40.5 Å². The normalized spacial score (nSPS) is 20.5. The van der Waals surface area contributed by atoms with Gasteiger partial charge in [-0.2, -0.15) is 0 Å². The summed E-state index contributed by atoms with van der Waals surface area (Å²) in [5.74, 6) is -1.01. The van der Waals surface area contributed by atoms with Crippen LogP contribution >= 0.6 is 0 Å². The van der Waals surface area contributed by atoms with Gasteiger partial charge in [-0.3, -0.25) is 9.69 Å². The van der Waals surface area contributed by atoms with Crippen molar-refractivity contribution in [1.29, 1.82) is 0 Å². The molecule has 1 amide bonds. The van der Waals surface area contributed by atoms with Crippen LogP contribution in [0.25, 0.3) is 0 Å². The van der Waals surface area contributed by atoms with Crippen LogP contribution in [0.5, 0.6) is 0 Å². The number of aromatic nitrogens is 1. The summed E-state index contributed by atoms with van der Waals surface area (Å²) < 4.78 is 13.4. The summed E-state index contributed by atoms with van der Waals surface area (Å²) in [5, 5.41) is 2.85. The zero-order chi connectivity index (χ0) is 14.0. The standard InChI is InChI=1S/C14H20FN3O/c1-14(2,3)18-8-6-10(9-18)17-13(19)12-11(15)5-4-7-16-12/h4-5,7,10H,6,8-9H2,1-3H3,(H,17,19). The Balaban J connectivity index is 1.97. The second kappa shape index (κ2) is 5.25. The number of hydrogen-bond acceptors (Lipinski definition) is 3. The summed E-state index contributed by atoms with van der Waals surface area (Å²) in [4.78, 5) is 18.0. The van der Waals surface area contributed by atoms with Crippen LogP contribution in [0.2, 0.25) is 0 Å². The molecule has 1 N–H and O–H groups in total. The zero-order valence-corrected chi connectivity index (χ0v) is 11.6. The van der Waals surface area contributed by atoms with Crippen molar-refractivity contribution < 1.29 is 9.18 Å². The maximum Gasteiger partial charge on any atom is 0.273 e. The average Bonchev–Trinajstić information content (AvgIpc) is 2.77. The fraction of sp³-hybridized carbons (Fsp3) is 0.571. The van der Waals surface area contributed by atoms with Gasteiger partial charge in [-0.1, -0.05) is 0 Å². The van der Waals surface area contributed by atoms with Gasteiger partial charge >= 0.3 is 0 Å². The van der Waals surface area contributed by atoms with Gasteiger partial charge in [-0.05, 0) is 39.3 Å². The van der Waals surface area contributed by atoms with E-state index in [4.69, 9.17) is 0 Å². The molecule has 104 valence electrons. The quantitative estimate of drug-likeness (QED) is 0.887. The van der Waals surface area contributed by atoms with Gasteiger partial charge in [0.05, 0.1) is 0 Å². The van der Waals surface area contributed by atoms with E-state index in [0.717, 1.165) is 19.5 Å². The number of nitrogens with one attached hydrogen (secondary N) is 1. The summed E-state index contributed by atoms with van der Waals surface area (Å²) in [6.07, 6.45) is 2.31. The van der Waals surface area contributed by atoms with Gasteiger partial charge in [0.2, 0.25) is 0 Å². The third kappa shape index (κ3) is 3.29. The second-order valence-electron chi connectivity index (χ2n) is 5.91. The highest BCUT2D eigenvalue weighted by Gasteiger charge is 2.31. The number of halogens is 1. The lowest BCUT2D eigenvalue weighted by Gasteiger charge is -2.31. The monoisotopic (exact) mass is 265 g/mol. The molecule has 1 aliphatic rings. The van der Waals surface area contributed by atoms with Gasteiger partial charge in [0.25, 0.3) is 5.91 Å². The van der Waals surface area contributed by atoms with Gasteiger partial charge in [0.15, 0.2) is 11.5 Å². The number of pyridine rings is 1. The van der Waals surface area contributed by atoms with E-state index in [1.165, 1.54) is 18.3 Å². The number of nitrogens with zero attached hydrogens (tertiary/aromatic N) is 2. The molecular weight excluding hydrogens is 245 g/mol. The fourth-order valence-corrected chi connectivity index (χ4v) is 2.29. The van der Waals surface area contributed by atoms with Gasteiger partial charge in [0.1, 0.15) is 0 Å². The number of rotatable bonds is 2. The molecule has 4 nitrogen and oxygen atoms in total. The Morgan fingerprint density at radius 1 is 1.53 bits per heavy atom. The van der Waals surface area contributed by atoms with Gasteiger partial charge in [-0.15, -0.1) is 0 Å².